The van der Waals surface area contributed by atoms with Gasteiger partial charge in [-0.15, -0.1) is 0 Å². The van der Waals surface area contributed by atoms with Crippen LogP contribution in [0.4, 0.5) is 0 Å². The summed E-state index contributed by atoms with van der Waals surface area (Å²) in [5, 5.41) is 18.4. The highest BCUT2D eigenvalue weighted by Gasteiger charge is 2.12. The first-order valence-electron chi connectivity index (χ1n) is 9.46. The van der Waals surface area contributed by atoms with Crippen molar-refractivity contribution < 1.29 is 0 Å². The molecule has 2 aromatic heterocycles. The van der Waals surface area contributed by atoms with Crippen LogP contribution in [0.1, 0.15) is 22.4 Å². The molecule has 6 heteroatoms. The Kier molecular flexibility index (Phi) is 5.10. The van der Waals surface area contributed by atoms with Gasteiger partial charge in [0.1, 0.15) is 17.3 Å². The van der Waals surface area contributed by atoms with Gasteiger partial charge in [0, 0.05) is 23.0 Å². The molecule has 0 spiro atoms. The highest BCUT2D eigenvalue weighted by Crippen LogP contribution is 2.22. The van der Waals surface area contributed by atoms with Gasteiger partial charge in [-0.1, -0.05) is 48.5 Å². The van der Waals surface area contributed by atoms with E-state index in [0.29, 0.717) is 11.3 Å². The number of aromatic nitrogens is 3. The van der Waals surface area contributed by atoms with Gasteiger partial charge in [0.15, 0.2) is 0 Å². The van der Waals surface area contributed by atoms with Gasteiger partial charge in [-0.2, -0.15) is 15.5 Å². The minimum absolute atomic E-state index is 0.0982. The van der Waals surface area contributed by atoms with E-state index < -0.39 is 5.56 Å². The lowest BCUT2D eigenvalue weighted by molar-refractivity contribution is 0.786. The molecular weight excluding hydrogens is 374 g/mol. The molecule has 0 radical (unpaired) electrons. The summed E-state index contributed by atoms with van der Waals surface area (Å²) in [6.07, 6.45) is 3.49. The van der Waals surface area contributed by atoms with Crippen LogP contribution in [0.3, 0.4) is 0 Å². The molecule has 146 valence electrons. The highest BCUT2D eigenvalue weighted by molar-refractivity contribution is 5.88. The maximum atomic E-state index is 12.7. The third-order valence-electron chi connectivity index (χ3n) is 4.79. The Balaban J connectivity index is 1.84. The Morgan fingerprint density at radius 2 is 1.70 bits per heavy atom. The monoisotopic (exact) mass is 393 g/mol. The van der Waals surface area contributed by atoms with Crippen LogP contribution in [0.15, 0.2) is 82.8 Å². The molecule has 0 bridgehead atoms. The summed E-state index contributed by atoms with van der Waals surface area (Å²) in [6.45, 7) is 3.54. The Morgan fingerprint density at radius 1 is 1.03 bits per heavy atom. The van der Waals surface area contributed by atoms with Gasteiger partial charge in [-0.05, 0) is 37.6 Å². The predicted octanol–water partition coefficient (Wildman–Crippen LogP) is 4.07. The van der Waals surface area contributed by atoms with Crippen LogP contribution in [0.5, 0.6) is 0 Å². The van der Waals surface area contributed by atoms with Crippen molar-refractivity contribution in [3.8, 4) is 23.0 Å². The van der Waals surface area contributed by atoms with Crippen LogP contribution in [0, 0.1) is 25.2 Å². The first-order valence-corrected chi connectivity index (χ1v) is 9.46. The molecule has 0 aliphatic rings. The molecule has 0 amide bonds. The summed E-state index contributed by atoms with van der Waals surface area (Å²) in [4.78, 5) is 12.7. The summed E-state index contributed by atoms with van der Waals surface area (Å²) >= 11 is 0. The predicted molar refractivity (Wildman–Crippen MR) is 117 cm³/mol. The SMILES string of the molecule is Cc1cc(C)n(N=Cc2cn(-c3ccccc3)nc2-c2ccccc2)c(=O)c1C#N. The first kappa shape index (κ1) is 19.1. The molecule has 30 heavy (non-hydrogen) atoms. The molecule has 0 saturated heterocycles. The van der Waals surface area contributed by atoms with Crippen molar-refractivity contribution >= 4 is 6.21 Å². The van der Waals surface area contributed by atoms with Gasteiger partial charge < -0.3 is 0 Å². The lowest BCUT2D eigenvalue weighted by Crippen LogP contribution is -2.22. The van der Waals surface area contributed by atoms with E-state index in [1.807, 2.05) is 72.9 Å². The molecule has 0 aliphatic carbocycles. The second kappa shape index (κ2) is 8.02. The number of para-hydroxylation sites is 1. The molecule has 2 aromatic carbocycles. The number of benzene rings is 2. The van der Waals surface area contributed by atoms with Crippen LogP contribution >= 0.6 is 0 Å². The average Bonchev–Trinajstić information content (AvgIpc) is 3.19. The lowest BCUT2D eigenvalue weighted by atomic mass is 10.1. The maximum absolute atomic E-state index is 12.7. The Hall–Kier alpha value is -4.24. The number of hydrogen-bond donors (Lipinski definition) is 0. The molecule has 4 aromatic rings. The zero-order valence-corrected chi connectivity index (χ0v) is 16.6. The third kappa shape index (κ3) is 3.56. The van der Waals surface area contributed by atoms with Crippen molar-refractivity contribution in [1.29, 1.82) is 5.26 Å². The second-order valence-corrected chi connectivity index (χ2v) is 6.90. The van der Waals surface area contributed by atoms with Gasteiger partial charge in [-0.25, -0.2) is 9.36 Å². The minimum atomic E-state index is -0.428. The Bertz CT molecular complexity index is 1330. The van der Waals surface area contributed by atoms with Crippen molar-refractivity contribution in [3.05, 3.63) is 106 Å². The number of nitrogens with zero attached hydrogens (tertiary/aromatic N) is 5. The zero-order chi connectivity index (χ0) is 21.1. The quantitative estimate of drug-likeness (QED) is 0.491. The van der Waals surface area contributed by atoms with E-state index in [2.05, 4.69) is 5.10 Å². The summed E-state index contributed by atoms with van der Waals surface area (Å²) in [7, 11) is 0. The van der Waals surface area contributed by atoms with E-state index in [1.165, 1.54) is 4.68 Å². The van der Waals surface area contributed by atoms with E-state index in [4.69, 9.17) is 5.10 Å². The zero-order valence-electron chi connectivity index (χ0n) is 16.6. The molecule has 0 atom stereocenters. The molecule has 4 rings (SSSR count). The van der Waals surface area contributed by atoms with Crippen molar-refractivity contribution in [2.24, 2.45) is 5.10 Å². The molecule has 0 fully saturated rings. The summed E-state index contributed by atoms with van der Waals surface area (Å²) in [6, 6.07) is 23.3. The number of nitriles is 1. The van der Waals surface area contributed by atoms with Crippen LogP contribution in [0.2, 0.25) is 0 Å². The molecule has 0 unspecified atom stereocenters. The maximum Gasteiger partial charge on any atom is 0.289 e. The van der Waals surface area contributed by atoms with Crippen LogP contribution in [-0.4, -0.2) is 20.7 Å². The van der Waals surface area contributed by atoms with E-state index in [-0.39, 0.29) is 5.56 Å². The molecule has 0 saturated carbocycles. The summed E-state index contributed by atoms with van der Waals surface area (Å²) in [5.74, 6) is 0. The average molecular weight is 393 g/mol. The van der Waals surface area contributed by atoms with E-state index >= 15 is 0 Å². The van der Waals surface area contributed by atoms with Crippen LogP contribution < -0.4 is 5.56 Å². The van der Waals surface area contributed by atoms with Crippen molar-refractivity contribution in [3.63, 3.8) is 0 Å². The van der Waals surface area contributed by atoms with Gasteiger partial charge in [0.05, 0.1) is 11.9 Å². The molecular formula is C24H19N5O. The van der Waals surface area contributed by atoms with Gasteiger partial charge in [0.2, 0.25) is 0 Å². The number of pyridine rings is 1. The fourth-order valence-electron chi connectivity index (χ4n) is 3.30. The highest BCUT2D eigenvalue weighted by atomic mass is 16.1. The molecule has 2 heterocycles. The van der Waals surface area contributed by atoms with E-state index in [0.717, 1.165) is 22.5 Å². The van der Waals surface area contributed by atoms with Crippen LogP contribution in [0.25, 0.3) is 16.9 Å². The normalized spacial score (nSPS) is 11.0. The summed E-state index contributed by atoms with van der Waals surface area (Å²) in [5.41, 5.74) is 4.35. The Morgan fingerprint density at radius 3 is 2.37 bits per heavy atom. The smallest absolute Gasteiger partial charge is 0.266 e. The fraction of sp³-hybridized carbons (Fsp3) is 0.0833. The molecule has 0 N–H and O–H groups in total. The van der Waals surface area contributed by atoms with Gasteiger partial charge in [0.25, 0.3) is 5.56 Å². The third-order valence-corrected chi connectivity index (χ3v) is 4.79. The Labute approximate surface area is 174 Å². The van der Waals surface area contributed by atoms with Crippen molar-refractivity contribution in [2.45, 2.75) is 13.8 Å². The van der Waals surface area contributed by atoms with Crippen molar-refractivity contribution in [2.75, 3.05) is 0 Å². The second-order valence-electron chi connectivity index (χ2n) is 6.90. The number of rotatable bonds is 4. The number of hydrogen-bond acceptors (Lipinski definition) is 4. The lowest BCUT2D eigenvalue weighted by Gasteiger charge is -2.06. The topological polar surface area (TPSA) is 76.0 Å². The van der Waals surface area contributed by atoms with Crippen LogP contribution in [-0.2, 0) is 0 Å². The standard InChI is InChI=1S/C24H19N5O/c1-17-13-18(2)29(24(30)22(17)14-25)26-15-20-16-28(21-11-7-4-8-12-21)27-23(20)19-9-5-3-6-10-19/h3-13,15-16H,1-2H3. The van der Waals surface area contributed by atoms with E-state index in [1.54, 1.807) is 30.8 Å². The van der Waals surface area contributed by atoms with E-state index in [9.17, 15) is 10.1 Å². The summed E-state index contributed by atoms with van der Waals surface area (Å²) < 4.78 is 3.04. The molecule has 0 aliphatic heterocycles. The number of aryl methyl sites for hydroxylation is 2. The van der Waals surface area contributed by atoms with Crippen molar-refractivity contribution in [1.82, 2.24) is 14.5 Å². The fourth-order valence-corrected chi connectivity index (χ4v) is 3.30. The van der Waals surface area contributed by atoms with Gasteiger partial charge >= 0.3 is 0 Å². The first-order chi connectivity index (χ1) is 14.6. The largest absolute Gasteiger partial charge is 0.289 e. The minimum Gasteiger partial charge on any atom is -0.266 e. The van der Waals surface area contributed by atoms with Gasteiger partial charge in [-0.3, -0.25) is 4.79 Å². The molecule has 6 nitrogen and oxygen atoms in total.